The lowest BCUT2D eigenvalue weighted by atomic mass is 10.0. The highest BCUT2D eigenvalue weighted by atomic mass is 32.1. The molecule has 0 saturated carbocycles. The summed E-state index contributed by atoms with van der Waals surface area (Å²) in [5.74, 6) is 0. The van der Waals surface area contributed by atoms with Crippen LogP contribution in [-0.4, -0.2) is 55.9 Å². The van der Waals surface area contributed by atoms with Crippen molar-refractivity contribution >= 4 is 23.0 Å². The van der Waals surface area contributed by atoms with Gasteiger partial charge in [0.05, 0.1) is 13.2 Å². The Bertz CT molecular complexity index is 488. The molecule has 0 atom stereocenters. The Morgan fingerprint density at radius 2 is 2.00 bits per heavy atom. The van der Waals surface area contributed by atoms with Gasteiger partial charge in [0.2, 0.25) is 0 Å². The van der Waals surface area contributed by atoms with Crippen LogP contribution in [0.15, 0.2) is 24.3 Å². The number of para-hydroxylation sites is 1. The zero-order valence-corrected chi connectivity index (χ0v) is 13.2. The number of thiocarbonyl (C=S) groups is 1. The van der Waals surface area contributed by atoms with Gasteiger partial charge in [-0.15, -0.1) is 0 Å². The van der Waals surface area contributed by atoms with Crippen molar-refractivity contribution in [1.29, 1.82) is 0 Å². The molecule has 3 rings (SSSR count). The molecule has 1 aromatic carbocycles. The fourth-order valence-electron chi connectivity index (χ4n) is 2.99. The summed E-state index contributed by atoms with van der Waals surface area (Å²) in [5, 5.41) is 4.27. The number of hydrogen-bond donors (Lipinski definition) is 1. The van der Waals surface area contributed by atoms with E-state index in [0.717, 1.165) is 57.5 Å². The second kappa shape index (κ2) is 7.20. The van der Waals surface area contributed by atoms with Crippen LogP contribution in [0.5, 0.6) is 0 Å². The largest absolute Gasteiger partial charge is 0.379 e. The van der Waals surface area contributed by atoms with Gasteiger partial charge >= 0.3 is 0 Å². The molecule has 2 heterocycles. The van der Waals surface area contributed by atoms with E-state index in [1.54, 1.807) is 0 Å². The minimum absolute atomic E-state index is 0.851. The Morgan fingerprint density at radius 1 is 1.19 bits per heavy atom. The lowest BCUT2D eigenvalue weighted by Crippen LogP contribution is -2.46. The monoisotopic (exact) mass is 305 g/mol. The van der Waals surface area contributed by atoms with Crippen LogP contribution >= 0.6 is 12.2 Å². The summed E-state index contributed by atoms with van der Waals surface area (Å²) in [6, 6.07) is 8.58. The average Bonchev–Trinajstić information content (AvgIpc) is 2.55. The molecule has 1 N–H and O–H groups in total. The van der Waals surface area contributed by atoms with E-state index in [4.69, 9.17) is 17.0 Å². The Kier molecular flexibility index (Phi) is 5.06. The molecule has 0 aliphatic carbocycles. The van der Waals surface area contributed by atoms with Gasteiger partial charge in [0.1, 0.15) is 0 Å². The van der Waals surface area contributed by atoms with Gasteiger partial charge in [0.15, 0.2) is 5.11 Å². The number of anilines is 1. The minimum atomic E-state index is 0.851. The topological polar surface area (TPSA) is 27.7 Å². The maximum atomic E-state index is 5.59. The lowest BCUT2D eigenvalue weighted by Gasteiger charge is -2.32. The number of ether oxygens (including phenoxy) is 1. The Hall–Kier alpha value is -1.17. The van der Waals surface area contributed by atoms with Crippen molar-refractivity contribution in [3.63, 3.8) is 0 Å². The number of hydrogen-bond acceptors (Lipinski definition) is 3. The van der Waals surface area contributed by atoms with Crippen molar-refractivity contribution < 1.29 is 4.74 Å². The first-order valence-corrected chi connectivity index (χ1v) is 8.19. The average molecular weight is 305 g/mol. The van der Waals surface area contributed by atoms with Gasteiger partial charge in [-0.3, -0.25) is 4.90 Å². The fraction of sp³-hybridized carbons (Fsp3) is 0.562. The van der Waals surface area contributed by atoms with Gasteiger partial charge in [-0.05, 0) is 36.7 Å². The molecule has 5 heteroatoms. The summed E-state index contributed by atoms with van der Waals surface area (Å²) in [4.78, 5) is 4.66. The van der Waals surface area contributed by atoms with E-state index in [1.807, 2.05) is 0 Å². The number of morpholine rings is 1. The Labute approximate surface area is 132 Å². The molecule has 114 valence electrons. The van der Waals surface area contributed by atoms with Crippen LogP contribution in [0, 0.1) is 0 Å². The highest BCUT2D eigenvalue weighted by Gasteiger charge is 2.19. The first kappa shape index (κ1) is 14.8. The second-order valence-corrected chi connectivity index (χ2v) is 5.96. The van der Waals surface area contributed by atoms with Gasteiger partial charge in [-0.2, -0.15) is 0 Å². The Morgan fingerprint density at radius 3 is 2.86 bits per heavy atom. The van der Waals surface area contributed by atoms with Gasteiger partial charge in [-0.25, -0.2) is 0 Å². The zero-order chi connectivity index (χ0) is 14.5. The van der Waals surface area contributed by atoms with Crippen LogP contribution in [0.25, 0.3) is 0 Å². The third-order valence-electron chi connectivity index (χ3n) is 4.16. The first-order valence-electron chi connectivity index (χ1n) is 7.78. The molecular formula is C16H23N3OS. The molecular weight excluding hydrogens is 282 g/mol. The summed E-state index contributed by atoms with van der Waals surface area (Å²) < 4.78 is 5.37. The van der Waals surface area contributed by atoms with Crippen molar-refractivity contribution in [3.8, 4) is 0 Å². The van der Waals surface area contributed by atoms with E-state index in [-0.39, 0.29) is 0 Å². The van der Waals surface area contributed by atoms with Gasteiger partial charge < -0.3 is 15.0 Å². The molecule has 0 radical (unpaired) electrons. The molecule has 1 fully saturated rings. The van der Waals surface area contributed by atoms with Crippen LogP contribution in [0.4, 0.5) is 5.69 Å². The van der Waals surface area contributed by atoms with Crippen molar-refractivity contribution in [2.24, 2.45) is 0 Å². The number of nitrogens with one attached hydrogen (secondary N) is 1. The number of aryl methyl sites for hydroxylation is 1. The van der Waals surface area contributed by atoms with Gasteiger partial charge in [0.25, 0.3) is 0 Å². The number of benzene rings is 1. The lowest BCUT2D eigenvalue weighted by molar-refractivity contribution is 0.0389. The van der Waals surface area contributed by atoms with Crippen LogP contribution in [-0.2, 0) is 11.2 Å². The molecule has 0 spiro atoms. The summed E-state index contributed by atoms with van der Waals surface area (Å²) in [6.07, 6.45) is 2.32. The quantitative estimate of drug-likeness (QED) is 0.857. The zero-order valence-electron chi connectivity index (χ0n) is 12.4. The van der Waals surface area contributed by atoms with Gasteiger partial charge in [-0.1, -0.05) is 18.2 Å². The molecule has 4 nitrogen and oxygen atoms in total. The molecule has 2 aliphatic heterocycles. The summed E-state index contributed by atoms with van der Waals surface area (Å²) in [5.41, 5.74) is 2.67. The highest BCUT2D eigenvalue weighted by molar-refractivity contribution is 7.80. The second-order valence-electron chi connectivity index (χ2n) is 5.57. The van der Waals surface area contributed by atoms with Crippen molar-refractivity contribution in [3.05, 3.63) is 29.8 Å². The summed E-state index contributed by atoms with van der Waals surface area (Å²) in [7, 11) is 0. The van der Waals surface area contributed by atoms with Gasteiger partial charge in [0, 0.05) is 38.4 Å². The molecule has 2 aliphatic rings. The molecule has 1 aromatic rings. The van der Waals surface area contributed by atoms with Crippen molar-refractivity contribution in [2.45, 2.75) is 12.8 Å². The fourth-order valence-corrected chi connectivity index (χ4v) is 3.28. The smallest absolute Gasteiger partial charge is 0.173 e. The number of fused-ring (bicyclic) bond motifs is 1. The standard InChI is InChI=1S/C16H23N3OS/c21-16(17-7-9-18-10-12-20-13-11-18)19-8-3-5-14-4-1-2-6-15(14)19/h1-2,4,6H,3,5,7-13H2,(H,17,21). The molecule has 21 heavy (non-hydrogen) atoms. The van der Waals surface area contributed by atoms with E-state index >= 15 is 0 Å². The number of rotatable bonds is 3. The number of nitrogens with zero attached hydrogens (tertiary/aromatic N) is 2. The maximum Gasteiger partial charge on any atom is 0.173 e. The van der Waals surface area contributed by atoms with Crippen LogP contribution in [0.2, 0.25) is 0 Å². The molecule has 1 saturated heterocycles. The maximum absolute atomic E-state index is 5.59. The van der Waals surface area contributed by atoms with Crippen molar-refractivity contribution in [1.82, 2.24) is 10.2 Å². The molecule has 0 unspecified atom stereocenters. The molecule has 0 aromatic heterocycles. The summed E-state index contributed by atoms with van der Waals surface area (Å²) >= 11 is 5.59. The highest BCUT2D eigenvalue weighted by Crippen LogP contribution is 2.26. The van der Waals surface area contributed by atoms with Crippen LogP contribution in [0.1, 0.15) is 12.0 Å². The predicted octanol–water partition coefficient (Wildman–Crippen LogP) is 1.65. The van der Waals surface area contributed by atoms with E-state index in [2.05, 4.69) is 39.4 Å². The first-order chi connectivity index (χ1) is 10.3. The SMILES string of the molecule is S=C(NCCN1CCOCC1)N1CCCc2ccccc21. The van der Waals surface area contributed by atoms with E-state index in [9.17, 15) is 0 Å². The molecule has 0 amide bonds. The van der Waals surface area contributed by atoms with E-state index in [1.165, 1.54) is 17.7 Å². The minimum Gasteiger partial charge on any atom is -0.379 e. The molecule has 0 bridgehead atoms. The Balaban J connectivity index is 1.51. The van der Waals surface area contributed by atoms with Crippen molar-refractivity contribution in [2.75, 3.05) is 50.8 Å². The third kappa shape index (κ3) is 3.73. The summed E-state index contributed by atoms with van der Waals surface area (Å²) in [6.45, 7) is 6.70. The normalized spacial score (nSPS) is 19.1. The van der Waals surface area contributed by atoms with E-state index < -0.39 is 0 Å². The predicted molar refractivity (Wildman–Crippen MR) is 90.0 cm³/mol. The van der Waals surface area contributed by atoms with Crippen LogP contribution < -0.4 is 10.2 Å². The van der Waals surface area contributed by atoms with Crippen LogP contribution in [0.3, 0.4) is 0 Å². The van der Waals surface area contributed by atoms with E-state index in [0.29, 0.717) is 0 Å². The third-order valence-corrected chi connectivity index (χ3v) is 4.53.